The van der Waals surface area contributed by atoms with Crippen LogP contribution in [-0.2, 0) is 16.9 Å². The predicted molar refractivity (Wildman–Crippen MR) is 102 cm³/mol. The van der Waals surface area contributed by atoms with Crippen molar-refractivity contribution in [3.63, 3.8) is 0 Å². The number of aromatic nitrogens is 2. The highest BCUT2D eigenvalue weighted by atomic mass is 32.1. The monoisotopic (exact) mass is 402 g/mol. The molecule has 1 amide bonds. The smallest absolute Gasteiger partial charge is 0.407 e. The third-order valence-corrected chi connectivity index (χ3v) is 6.19. The Morgan fingerprint density at radius 2 is 2.18 bits per heavy atom. The maximum atomic E-state index is 12.8. The number of benzene rings is 1. The number of amides is 1. The zero-order valence-corrected chi connectivity index (χ0v) is 16.0. The van der Waals surface area contributed by atoms with Crippen LogP contribution in [0.4, 0.5) is 5.69 Å². The minimum absolute atomic E-state index is 0.0816. The van der Waals surface area contributed by atoms with E-state index in [1.165, 1.54) is 34.1 Å². The molecule has 1 aliphatic rings. The topological polar surface area (TPSA) is 120 Å². The molecule has 28 heavy (non-hydrogen) atoms. The number of fused-ring (bicyclic) bond motifs is 1. The van der Waals surface area contributed by atoms with Gasteiger partial charge in [-0.25, -0.2) is 9.78 Å². The van der Waals surface area contributed by atoms with Crippen LogP contribution in [0, 0.1) is 17.0 Å². The van der Waals surface area contributed by atoms with Gasteiger partial charge in [0.15, 0.2) is 5.58 Å². The molecule has 10 heteroatoms. The van der Waals surface area contributed by atoms with Crippen LogP contribution in [0.2, 0.25) is 0 Å². The summed E-state index contributed by atoms with van der Waals surface area (Å²) in [5, 5.41) is 16.8. The lowest BCUT2D eigenvalue weighted by atomic mass is 9.98. The fraction of sp³-hybridized carbons (Fsp3) is 0.389. The molecule has 1 saturated carbocycles. The van der Waals surface area contributed by atoms with Gasteiger partial charge in [0.25, 0.3) is 5.69 Å². The molecule has 2 aromatic heterocycles. The van der Waals surface area contributed by atoms with E-state index in [1.807, 2.05) is 12.3 Å². The summed E-state index contributed by atoms with van der Waals surface area (Å²) < 4.78 is 6.27. The zero-order valence-electron chi connectivity index (χ0n) is 15.1. The Balaban J connectivity index is 1.60. The normalized spacial score (nSPS) is 15.8. The Kier molecular flexibility index (Phi) is 4.50. The third kappa shape index (κ3) is 3.19. The maximum absolute atomic E-state index is 12.8. The number of carbonyl (C=O) groups excluding carboxylic acids is 1. The van der Waals surface area contributed by atoms with Gasteiger partial charge in [-0.2, -0.15) is 0 Å². The van der Waals surface area contributed by atoms with Crippen molar-refractivity contribution in [2.24, 2.45) is 0 Å². The summed E-state index contributed by atoms with van der Waals surface area (Å²) in [6, 6.07) is 3.88. The summed E-state index contributed by atoms with van der Waals surface area (Å²) >= 11 is 1.53. The van der Waals surface area contributed by atoms with E-state index in [4.69, 9.17) is 4.42 Å². The number of rotatable bonds is 5. The average molecular weight is 402 g/mol. The van der Waals surface area contributed by atoms with E-state index in [9.17, 15) is 19.7 Å². The first-order valence-electron chi connectivity index (χ1n) is 8.89. The minimum Gasteiger partial charge on any atom is -0.407 e. The highest BCUT2D eigenvalue weighted by molar-refractivity contribution is 7.09. The lowest BCUT2D eigenvalue weighted by Gasteiger charge is -2.28. The van der Waals surface area contributed by atoms with Crippen LogP contribution in [-0.4, -0.2) is 20.4 Å². The fourth-order valence-corrected chi connectivity index (χ4v) is 4.73. The fourth-order valence-electron chi connectivity index (χ4n) is 3.71. The maximum Gasteiger partial charge on any atom is 0.420 e. The lowest BCUT2D eigenvalue weighted by Crippen LogP contribution is -2.45. The van der Waals surface area contributed by atoms with E-state index in [0.29, 0.717) is 5.52 Å². The summed E-state index contributed by atoms with van der Waals surface area (Å²) in [4.78, 5) is 39.8. The summed E-state index contributed by atoms with van der Waals surface area (Å²) in [5.74, 6) is -1.05. The van der Waals surface area contributed by atoms with Crippen LogP contribution in [0.25, 0.3) is 11.1 Å². The first-order valence-corrected chi connectivity index (χ1v) is 9.77. The number of carbonyl (C=O) groups is 1. The quantitative estimate of drug-likeness (QED) is 0.517. The molecule has 0 spiro atoms. The Labute approximate surface area is 163 Å². The van der Waals surface area contributed by atoms with Crippen molar-refractivity contribution >= 4 is 34.0 Å². The first kappa shape index (κ1) is 18.4. The molecule has 1 aliphatic carbocycles. The molecule has 2 heterocycles. The van der Waals surface area contributed by atoms with Crippen molar-refractivity contribution in [1.82, 2.24) is 14.9 Å². The Hall–Kier alpha value is -3.01. The van der Waals surface area contributed by atoms with Crippen LogP contribution < -0.4 is 11.1 Å². The molecule has 0 unspecified atom stereocenters. The highest BCUT2D eigenvalue weighted by Crippen LogP contribution is 2.40. The van der Waals surface area contributed by atoms with Gasteiger partial charge in [-0.15, -0.1) is 11.3 Å². The van der Waals surface area contributed by atoms with Gasteiger partial charge in [0.05, 0.1) is 22.0 Å². The third-order valence-electron chi connectivity index (χ3n) is 5.03. The van der Waals surface area contributed by atoms with Gasteiger partial charge in [0.2, 0.25) is 5.91 Å². The zero-order chi connectivity index (χ0) is 19.9. The Bertz CT molecular complexity index is 1120. The summed E-state index contributed by atoms with van der Waals surface area (Å²) in [6.45, 7) is 1.69. The molecule has 1 N–H and O–H groups in total. The number of nitro benzene ring substituents is 1. The second kappa shape index (κ2) is 6.86. The van der Waals surface area contributed by atoms with Gasteiger partial charge in [0.1, 0.15) is 11.6 Å². The van der Waals surface area contributed by atoms with Crippen molar-refractivity contribution in [1.29, 1.82) is 0 Å². The van der Waals surface area contributed by atoms with Crippen molar-refractivity contribution < 1.29 is 14.1 Å². The van der Waals surface area contributed by atoms with Gasteiger partial charge in [-0.05, 0) is 25.8 Å². The van der Waals surface area contributed by atoms with Crippen LogP contribution in [0.15, 0.2) is 32.8 Å². The van der Waals surface area contributed by atoms with Crippen molar-refractivity contribution in [2.75, 3.05) is 0 Å². The number of aryl methyl sites for hydroxylation is 1. The van der Waals surface area contributed by atoms with Crippen molar-refractivity contribution in [2.45, 2.75) is 44.7 Å². The molecule has 0 atom stereocenters. The Morgan fingerprint density at radius 1 is 1.43 bits per heavy atom. The van der Waals surface area contributed by atoms with Crippen molar-refractivity contribution in [3.05, 3.63) is 54.9 Å². The van der Waals surface area contributed by atoms with Crippen molar-refractivity contribution in [3.8, 4) is 0 Å². The molecule has 9 nitrogen and oxygen atoms in total. The second-order valence-corrected chi connectivity index (χ2v) is 7.85. The number of nitrogens with zero attached hydrogens (tertiary/aromatic N) is 3. The molecule has 0 radical (unpaired) electrons. The van der Waals surface area contributed by atoms with E-state index in [-0.39, 0.29) is 23.7 Å². The summed E-state index contributed by atoms with van der Waals surface area (Å²) in [7, 11) is 0. The molecular formula is C18H18N4O5S. The SMILES string of the molecule is Cc1csc(C2(NC(=O)Cn3c(=O)oc4cc([N+](=O)[O-])ccc43)CCCC2)n1. The number of hydrogen-bond acceptors (Lipinski definition) is 7. The molecule has 1 aromatic carbocycles. The van der Waals surface area contributed by atoms with E-state index < -0.39 is 16.2 Å². The predicted octanol–water partition coefficient (Wildman–Crippen LogP) is 2.85. The Morgan fingerprint density at radius 3 is 2.82 bits per heavy atom. The second-order valence-electron chi connectivity index (χ2n) is 6.99. The van der Waals surface area contributed by atoms with E-state index in [1.54, 1.807) is 0 Å². The number of hydrogen-bond donors (Lipinski definition) is 1. The van der Waals surface area contributed by atoms with E-state index in [2.05, 4.69) is 10.3 Å². The van der Waals surface area contributed by atoms with Gasteiger partial charge < -0.3 is 9.73 Å². The van der Waals surface area contributed by atoms with Crippen LogP contribution in [0.3, 0.4) is 0 Å². The number of thiazole rings is 1. The molecule has 0 bridgehead atoms. The van der Waals surface area contributed by atoms with E-state index >= 15 is 0 Å². The molecule has 4 rings (SSSR count). The number of oxazole rings is 1. The number of non-ortho nitro benzene ring substituents is 1. The molecule has 146 valence electrons. The largest absolute Gasteiger partial charge is 0.420 e. The standard InChI is InChI=1S/C18H18N4O5S/c1-11-10-28-16(19-11)18(6-2-3-7-18)20-15(23)9-21-13-5-4-12(22(25)26)8-14(13)27-17(21)24/h4-5,8,10H,2-3,6-7,9H2,1H3,(H,20,23). The van der Waals surface area contributed by atoms with Gasteiger partial charge in [0, 0.05) is 17.1 Å². The van der Waals surface area contributed by atoms with Crippen LogP contribution >= 0.6 is 11.3 Å². The minimum atomic E-state index is -0.726. The van der Waals surface area contributed by atoms with E-state index in [0.717, 1.165) is 36.4 Å². The molecule has 1 fully saturated rings. The summed E-state index contributed by atoms with van der Waals surface area (Å²) in [6.07, 6.45) is 3.60. The molecule has 0 aliphatic heterocycles. The van der Waals surface area contributed by atoms with Gasteiger partial charge in [-0.3, -0.25) is 19.5 Å². The number of nitrogens with one attached hydrogen (secondary N) is 1. The summed E-state index contributed by atoms with van der Waals surface area (Å²) in [5.41, 5.74) is 0.660. The first-order chi connectivity index (χ1) is 13.4. The van der Waals surface area contributed by atoms with Crippen LogP contribution in [0.5, 0.6) is 0 Å². The van der Waals surface area contributed by atoms with Gasteiger partial charge >= 0.3 is 5.76 Å². The van der Waals surface area contributed by atoms with Crippen LogP contribution in [0.1, 0.15) is 36.4 Å². The molecular weight excluding hydrogens is 384 g/mol. The average Bonchev–Trinajstić information content (AvgIpc) is 3.35. The van der Waals surface area contributed by atoms with Gasteiger partial charge in [-0.1, -0.05) is 12.8 Å². The number of nitro groups is 1. The highest BCUT2D eigenvalue weighted by Gasteiger charge is 2.39. The lowest BCUT2D eigenvalue weighted by molar-refractivity contribution is -0.384. The molecule has 3 aromatic rings. The molecule has 0 saturated heterocycles.